The minimum Gasteiger partial charge on any atom is -0.505 e. The highest BCUT2D eigenvalue weighted by Crippen LogP contribution is 2.20. The van der Waals surface area contributed by atoms with Crippen LogP contribution in [-0.4, -0.2) is 35.9 Å². The summed E-state index contributed by atoms with van der Waals surface area (Å²) >= 11 is 5.93. The van der Waals surface area contributed by atoms with Crippen molar-refractivity contribution in [1.29, 1.82) is 0 Å². The van der Waals surface area contributed by atoms with E-state index in [2.05, 4.69) is 30.2 Å². The van der Waals surface area contributed by atoms with Crippen LogP contribution in [-0.2, 0) is 0 Å². The van der Waals surface area contributed by atoms with E-state index in [0.717, 1.165) is 0 Å². The Morgan fingerprint density at radius 1 is 1.40 bits per heavy atom. The van der Waals surface area contributed by atoms with E-state index in [0.29, 0.717) is 11.2 Å². The molecule has 20 heavy (non-hydrogen) atoms. The molecule has 8 nitrogen and oxygen atoms in total. The first-order chi connectivity index (χ1) is 9.65. The number of anilines is 1. The van der Waals surface area contributed by atoms with Crippen molar-refractivity contribution in [3.63, 3.8) is 0 Å². The van der Waals surface area contributed by atoms with Crippen molar-refractivity contribution in [3.8, 4) is 5.75 Å². The van der Waals surface area contributed by atoms with Gasteiger partial charge >= 0.3 is 0 Å². The van der Waals surface area contributed by atoms with E-state index in [9.17, 15) is 9.90 Å². The summed E-state index contributed by atoms with van der Waals surface area (Å²) in [7, 11) is 0. The highest BCUT2D eigenvalue weighted by Gasteiger charge is 2.14. The molecule has 0 aliphatic heterocycles. The first-order valence-corrected chi connectivity index (χ1v) is 5.84. The molecule has 0 bridgehead atoms. The van der Waals surface area contributed by atoms with Gasteiger partial charge in [-0.05, 0) is 6.07 Å². The lowest BCUT2D eigenvalue weighted by Crippen LogP contribution is -2.14. The lowest BCUT2D eigenvalue weighted by molar-refractivity contribution is 0.102. The van der Waals surface area contributed by atoms with Crippen LogP contribution >= 0.6 is 11.6 Å². The Balaban J connectivity index is 1.93. The molecule has 0 radical (unpaired) electrons. The SMILES string of the molecule is O=C(Nc1nc(Cl)c2[nH]cnc2n1)c1ccncc1O. The molecule has 0 saturated carbocycles. The molecule has 3 heterocycles. The third-order valence-corrected chi connectivity index (χ3v) is 2.78. The van der Waals surface area contributed by atoms with Crippen LogP contribution in [0.25, 0.3) is 11.2 Å². The summed E-state index contributed by atoms with van der Waals surface area (Å²) in [6, 6.07) is 1.37. The minimum absolute atomic E-state index is 0.00388. The van der Waals surface area contributed by atoms with Crippen LogP contribution in [0, 0.1) is 0 Å². The van der Waals surface area contributed by atoms with Gasteiger partial charge in [-0.25, -0.2) is 4.98 Å². The van der Waals surface area contributed by atoms with Crippen molar-refractivity contribution < 1.29 is 9.90 Å². The molecule has 3 aromatic rings. The van der Waals surface area contributed by atoms with Crippen LogP contribution in [0.5, 0.6) is 5.75 Å². The van der Waals surface area contributed by atoms with Crippen LogP contribution in [0.15, 0.2) is 24.8 Å². The van der Waals surface area contributed by atoms with Crippen LogP contribution in [0.2, 0.25) is 5.15 Å². The number of amides is 1. The molecule has 0 spiro atoms. The van der Waals surface area contributed by atoms with Crippen molar-refractivity contribution >= 4 is 34.6 Å². The van der Waals surface area contributed by atoms with Crippen LogP contribution in [0.3, 0.4) is 0 Å². The number of hydrogen-bond acceptors (Lipinski definition) is 6. The molecule has 0 unspecified atom stereocenters. The second kappa shape index (κ2) is 4.74. The zero-order valence-electron chi connectivity index (χ0n) is 9.83. The molecule has 0 aliphatic rings. The minimum atomic E-state index is -0.573. The van der Waals surface area contributed by atoms with E-state index in [4.69, 9.17) is 11.6 Å². The van der Waals surface area contributed by atoms with Gasteiger partial charge in [0, 0.05) is 6.20 Å². The van der Waals surface area contributed by atoms with E-state index < -0.39 is 5.91 Å². The Morgan fingerprint density at radius 3 is 3.05 bits per heavy atom. The summed E-state index contributed by atoms with van der Waals surface area (Å²) in [5.74, 6) is -0.816. The van der Waals surface area contributed by atoms with E-state index in [1.165, 1.54) is 24.8 Å². The average Bonchev–Trinajstić information content (AvgIpc) is 2.88. The molecule has 0 saturated heterocycles. The number of nitrogens with zero attached hydrogens (tertiary/aromatic N) is 4. The number of rotatable bonds is 2. The molecule has 0 atom stereocenters. The molecule has 0 aromatic carbocycles. The maximum atomic E-state index is 12.0. The van der Waals surface area contributed by atoms with E-state index >= 15 is 0 Å². The average molecular weight is 291 g/mol. The lowest BCUT2D eigenvalue weighted by atomic mass is 10.2. The molecular formula is C11H7ClN6O2. The van der Waals surface area contributed by atoms with Crippen molar-refractivity contribution in [2.45, 2.75) is 0 Å². The fourth-order valence-electron chi connectivity index (χ4n) is 1.60. The second-order valence-electron chi connectivity index (χ2n) is 3.79. The van der Waals surface area contributed by atoms with Gasteiger partial charge in [0.25, 0.3) is 5.91 Å². The van der Waals surface area contributed by atoms with Gasteiger partial charge in [0.15, 0.2) is 10.8 Å². The first kappa shape index (κ1) is 12.3. The lowest BCUT2D eigenvalue weighted by Gasteiger charge is -2.05. The van der Waals surface area contributed by atoms with Crippen LogP contribution in [0.4, 0.5) is 5.95 Å². The number of imidazole rings is 1. The summed E-state index contributed by atoms with van der Waals surface area (Å²) in [6.45, 7) is 0. The largest absolute Gasteiger partial charge is 0.505 e. The predicted molar refractivity (Wildman–Crippen MR) is 70.5 cm³/mol. The number of fused-ring (bicyclic) bond motifs is 1. The van der Waals surface area contributed by atoms with Gasteiger partial charge in [-0.1, -0.05) is 11.6 Å². The van der Waals surface area contributed by atoms with Gasteiger partial charge in [0.05, 0.1) is 18.1 Å². The monoisotopic (exact) mass is 290 g/mol. The summed E-state index contributed by atoms with van der Waals surface area (Å²) in [5.41, 5.74) is 0.873. The van der Waals surface area contributed by atoms with Crippen LogP contribution < -0.4 is 5.32 Å². The number of aromatic amines is 1. The number of aromatic hydroxyl groups is 1. The quantitative estimate of drug-likeness (QED) is 0.614. The summed E-state index contributed by atoms with van der Waals surface area (Å²) < 4.78 is 0. The van der Waals surface area contributed by atoms with Gasteiger partial charge < -0.3 is 10.1 Å². The maximum absolute atomic E-state index is 12.0. The van der Waals surface area contributed by atoms with Crippen molar-refractivity contribution in [3.05, 3.63) is 35.5 Å². The van der Waals surface area contributed by atoms with Gasteiger partial charge in [-0.3, -0.25) is 15.1 Å². The Labute approximate surface area is 116 Å². The highest BCUT2D eigenvalue weighted by atomic mass is 35.5. The van der Waals surface area contributed by atoms with Gasteiger partial charge in [0.2, 0.25) is 5.95 Å². The topological polar surface area (TPSA) is 117 Å². The smallest absolute Gasteiger partial charge is 0.261 e. The Kier molecular flexibility index (Phi) is 2.92. The normalized spacial score (nSPS) is 10.7. The number of carbonyl (C=O) groups is 1. The third kappa shape index (κ3) is 2.12. The Hall–Kier alpha value is -2.74. The standard InChI is InChI=1S/C11H7ClN6O2/c12-8-7-9(15-4-14-7)17-11(16-8)18-10(20)5-1-2-13-3-6(5)19/h1-4,19H,(H2,14,15,16,17,18,20). The van der Waals surface area contributed by atoms with Crippen molar-refractivity contribution in [2.75, 3.05) is 5.32 Å². The van der Waals surface area contributed by atoms with Gasteiger partial charge in [-0.2, -0.15) is 9.97 Å². The van der Waals surface area contributed by atoms with E-state index in [-0.39, 0.29) is 22.4 Å². The summed E-state index contributed by atoms with van der Waals surface area (Å²) in [4.78, 5) is 30.3. The van der Waals surface area contributed by atoms with Crippen LogP contribution in [0.1, 0.15) is 10.4 Å². The van der Waals surface area contributed by atoms with Gasteiger partial charge in [0.1, 0.15) is 11.3 Å². The molecule has 9 heteroatoms. The molecule has 100 valence electrons. The number of H-pyrrole nitrogens is 1. The molecule has 0 fully saturated rings. The number of hydrogen-bond donors (Lipinski definition) is 3. The molecule has 3 aromatic heterocycles. The number of aromatic nitrogens is 5. The first-order valence-electron chi connectivity index (χ1n) is 5.46. The second-order valence-corrected chi connectivity index (χ2v) is 4.14. The Morgan fingerprint density at radius 2 is 2.25 bits per heavy atom. The summed E-state index contributed by atoms with van der Waals surface area (Å²) in [6.07, 6.45) is 3.98. The molecule has 0 aliphatic carbocycles. The Bertz CT molecular complexity index is 802. The zero-order chi connectivity index (χ0) is 14.1. The van der Waals surface area contributed by atoms with E-state index in [1.807, 2.05) is 0 Å². The number of pyridine rings is 1. The molecule has 3 N–H and O–H groups in total. The summed E-state index contributed by atoms with van der Waals surface area (Å²) in [5, 5.41) is 12.1. The fourth-order valence-corrected chi connectivity index (χ4v) is 1.82. The predicted octanol–water partition coefficient (Wildman–Crippen LogP) is 1.36. The van der Waals surface area contributed by atoms with Gasteiger partial charge in [-0.15, -0.1) is 0 Å². The maximum Gasteiger partial charge on any atom is 0.261 e. The van der Waals surface area contributed by atoms with E-state index in [1.54, 1.807) is 0 Å². The number of nitrogens with one attached hydrogen (secondary N) is 2. The fraction of sp³-hybridized carbons (Fsp3) is 0. The number of halogens is 1. The van der Waals surface area contributed by atoms with Crippen molar-refractivity contribution in [2.24, 2.45) is 0 Å². The molecular weight excluding hydrogens is 284 g/mol. The third-order valence-electron chi connectivity index (χ3n) is 2.51. The highest BCUT2D eigenvalue weighted by molar-refractivity contribution is 6.33. The zero-order valence-corrected chi connectivity index (χ0v) is 10.6. The molecule has 3 rings (SSSR count). The van der Waals surface area contributed by atoms with Crippen molar-refractivity contribution in [1.82, 2.24) is 24.9 Å². The number of carbonyl (C=O) groups excluding carboxylic acids is 1. The molecule has 1 amide bonds.